The van der Waals surface area contributed by atoms with Crippen molar-refractivity contribution < 1.29 is 18.3 Å². The lowest BCUT2D eigenvalue weighted by molar-refractivity contribution is -0.120. The van der Waals surface area contributed by atoms with Gasteiger partial charge in [-0.3, -0.25) is 4.79 Å². The van der Waals surface area contributed by atoms with E-state index >= 15 is 0 Å². The number of sulfone groups is 1. The zero-order valence-corrected chi connectivity index (χ0v) is 13.2. The lowest BCUT2D eigenvalue weighted by Crippen LogP contribution is -2.43. The van der Waals surface area contributed by atoms with E-state index in [0.29, 0.717) is 6.42 Å². The Hall–Kier alpha value is -0.270. The molecule has 0 aromatic rings. The van der Waals surface area contributed by atoms with Gasteiger partial charge in [-0.1, -0.05) is 19.3 Å². The van der Waals surface area contributed by atoms with Gasteiger partial charge >= 0.3 is 0 Å². The highest BCUT2D eigenvalue weighted by molar-refractivity contribution is 8.02. The lowest BCUT2D eigenvalue weighted by atomic mass is 10.1. The Morgan fingerprint density at radius 1 is 1.20 bits per heavy atom. The van der Waals surface area contributed by atoms with Crippen molar-refractivity contribution in [3.63, 3.8) is 0 Å². The van der Waals surface area contributed by atoms with E-state index in [0.717, 1.165) is 32.1 Å². The summed E-state index contributed by atoms with van der Waals surface area (Å²) in [7, 11) is -2.88. The third-order valence-corrected chi connectivity index (χ3v) is 7.25. The molecular weight excluding hydrogens is 298 g/mol. The molecular formula is C13H23NO4S2. The first kappa shape index (κ1) is 16.1. The Kier molecular flexibility index (Phi) is 5.74. The molecule has 20 heavy (non-hydrogen) atoms. The molecule has 1 aliphatic heterocycles. The summed E-state index contributed by atoms with van der Waals surface area (Å²) < 4.78 is 22.7. The highest BCUT2D eigenvalue weighted by Crippen LogP contribution is 2.24. The van der Waals surface area contributed by atoms with Gasteiger partial charge in [0, 0.05) is 5.25 Å². The first-order valence-corrected chi connectivity index (χ1v) is 10.1. The maximum Gasteiger partial charge on any atom is 0.230 e. The molecule has 116 valence electrons. The third kappa shape index (κ3) is 4.93. The Morgan fingerprint density at radius 3 is 2.65 bits per heavy atom. The lowest BCUT2D eigenvalue weighted by Gasteiger charge is -2.22. The van der Waals surface area contributed by atoms with Gasteiger partial charge in [0.15, 0.2) is 9.84 Å². The molecule has 1 saturated carbocycles. The summed E-state index contributed by atoms with van der Waals surface area (Å²) >= 11 is 1.42. The van der Waals surface area contributed by atoms with Crippen LogP contribution in [0.4, 0.5) is 0 Å². The molecule has 1 saturated heterocycles. The quantitative estimate of drug-likeness (QED) is 0.745. The van der Waals surface area contributed by atoms with Crippen molar-refractivity contribution in [1.29, 1.82) is 0 Å². The predicted octanol–water partition coefficient (Wildman–Crippen LogP) is 0.716. The highest BCUT2D eigenvalue weighted by Gasteiger charge is 2.29. The van der Waals surface area contributed by atoms with Gasteiger partial charge < -0.3 is 10.4 Å². The predicted molar refractivity (Wildman–Crippen MR) is 80.5 cm³/mol. The molecule has 3 unspecified atom stereocenters. The fourth-order valence-corrected chi connectivity index (χ4v) is 6.25. The number of carbonyl (C=O) groups excluding carboxylic acids is 1. The number of hydrogen-bond donors (Lipinski definition) is 2. The van der Waals surface area contributed by atoms with Crippen LogP contribution in [0.5, 0.6) is 0 Å². The van der Waals surface area contributed by atoms with Gasteiger partial charge in [0.2, 0.25) is 5.91 Å². The fraction of sp³-hybridized carbons (Fsp3) is 0.923. The minimum absolute atomic E-state index is 0.0461. The number of thioether (sulfide) groups is 1. The zero-order valence-electron chi connectivity index (χ0n) is 11.6. The zero-order chi connectivity index (χ0) is 14.6. The second kappa shape index (κ2) is 7.13. The van der Waals surface area contributed by atoms with Gasteiger partial charge in [-0.15, -0.1) is 11.8 Å². The Balaban J connectivity index is 1.72. The minimum atomic E-state index is -2.88. The summed E-state index contributed by atoms with van der Waals surface area (Å²) in [4.78, 5) is 11.9. The topological polar surface area (TPSA) is 83.5 Å². The molecule has 1 amide bonds. The molecule has 2 aliphatic rings. The number of carbonyl (C=O) groups is 1. The highest BCUT2D eigenvalue weighted by atomic mass is 32.2. The average Bonchev–Trinajstić information content (AvgIpc) is 2.61. The number of rotatable bonds is 4. The van der Waals surface area contributed by atoms with E-state index in [4.69, 9.17) is 0 Å². The molecule has 7 heteroatoms. The summed E-state index contributed by atoms with van der Waals surface area (Å²) in [5.41, 5.74) is 0. The van der Waals surface area contributed by atoms with E-state index < -0.39 is 15.9 Å². The summed E-state index contributed by atoms with van der Waals surface area (Å²) in [6, 6.07) is -0.141. The molecule has 2 rings (SSSR count). The number of aliphatic hydroxyl groups excluding tert-OH is 1. The molecule has 0 bridgehead atoms. The number of amides is 1. The minimum Gasteiger partial charge on any atom is -0.391 e. The van der Waals surface area contributed by atoms with Crippen LogP contribution < -0.4 is 5.32 Å². The van der Waals surface area contributed by atoms with E-state index in [2.05, 4.69) is 5.32 Å². The van der Waals surface area contributed by atoms with Crippen LogP contribution in [0.2, 0.25) is 0 Å². The van der Waals surface area contributed by atoms with Gasteiger partial charge in [-0.2, -0.15) is 0 Å². The second-order valence-corrected chi connectivity index (χ2v) is 9.23. The van der Waals surface area contributed by atoms with Crippen LogP contribution in [0.15, 0.2) is 0 Å². The van der Waals surface area contributed by atoms with Gasteiger partial charge in [0.1, 0.15) is 0 Å². The molecule has 5 nitrogen and oxygen atoms in total. The second-order valence-electron chi connectivity index (χ2n) is 5.72. The number of nitrogens with one attached hydrogen (secondary N) is 1. The van der Waals surface area contributed by atoms with E-state index in [1.807, 2.05) is 0 Å². The molecule has 0 aromatic heterocycles. The van der Waals surface area contributed by atoms with Crippen LogP contribution >= 0.6 is 11.8 Å². The van der Waals surface area contributed by atoms with Crippen LogP contribution in [-0.2, 0) is 14.6 Å². The van der Waals surface area contributed by atoms with Crippen molar-refractivity contribution in [2.24, 2.45) is 0 Å². The van der Waals surface area contributed by atoms with Crippen LogP contribution in [0.25, 0.3) is 0 Å². The third-order valence-electron chi connectivity index (χ3n) is 3.97. The molecule has 2 N–H and O–H groups in total. The van der Waals surface area contributed by atoms with Crippen molar-refractivity contribution in [1.82, 2.24) is 5.32 Å². The van der Waals surface area contributed by atoms with Gasteiger partial charge in [0.05, 0.1) is 29.4 Å². The van der Waals surface area contributed by atoms with Crippen LogP contribution in [0.3, 0.4) is 0 Å². The summed E-state index contributed by atoms with van der Waals surface area (Å²) in [6.07, 6.45) is 4.94. The Labute approximate surface area is 124 Å². The molecule has 1 aliphatic carbocycles. The summed E-state index contributed by atoms with van der Waals surface area (Å²) in [5.74, 6) is 0.624. The van der Waals surface area contributed by atoms with E-state index in [-0.39, 0.29) is 34.5 Å². The molecule has 0 aromatic carbocycles. The van der Waals surface area contributed by atoms with Gasteiger partial charge in [0.25, 0.3) is 0 Å². The SMILES string of the molecule is O=C(CSC1CCS(=O)(=O)C1)NC1CCCCCC1O. The Bertz CT molecular complexity index is 438. The first-order valence-electron chi connectivity index (χ1n) is 7.26. The fourth-order valence-electron chi connectivity index (χ4n) is 2.79. The molecule has 2 fully saturated rings. The van der Waals surface area contributed by atoms with Crippen LogP contribution in [0.1, 0.15) is 38.5 Å². The van der Waals surface area contributed by atoms with Crippen LogP contribution in [0, 0.1) is 0 Å². The summed E-state index contributed by atoms with van der Waals surface area (Å²) in [5, 5.41) is 12.9. The molecule has 0 spiro atoms. The summed E-state index contributed by atoms with van der Waals surface area (Å²) in [6.45, 7) is 0. The van der Waals surface area contributed by atoms with Crippen molar-refractivity contribution in [2.45, 2.75) is 55.9 Å². The van der Waals surface area contributed by atoms with Crippen molar-refractivity contribution >= 4 is 27.5 Å². The normalized spacial score (nSPS) is 33.5. The van der Waals surface area contributed by atoms with E-state index in [1.54, 1.807) is 0 Å². The molecule has 3 atom stereocenters. The first-order chi connectivity index (χ1) is 9.46. The number of hydrogen-bond acceptors (Lipinski definition) is 5. The van der Waals surface area contributed by atoms with Gasteiger partial charge in [-0.05, 0) is 19.3 Å². The average molecular weight is 321 g/mol. The van der Waals surface area contributed by atoms with Crippen molar-refractivity contribution in [2.75, 3.05) is 17.3 Å². The monoisotopic (exact) mass is 321 g/mol. The molecule has 0 radical (unpaired) electrons. The smallest absolute Gasteiger partial charge is 0.230 e. The number of aliphatic hydroxyl groups is 1. The Morgan fingerprint density at radius 2 is 1.95 bits per heavy atom. The standard InChI is InChI=1S/C13H23NO4S2/c15-12-5-3-1-2-4-11(12)14-13(16)8-19-10-6-7-20(17,18)9-10/h10-12,15H,1-9H2,(H,14,16). The molecule has 1 heterocycles. The maximum atomic E-state index is 11.9. The van der Waals surface area contributed by atoms with E-state index in [9.17, 15) is 18.3 Å². The van der Waals surface area contributed by atoms with Crippen molar-refractivity contribution in [3.05, 3.63) is 0 Å². The maximum absolute atomic E-state index is 11.9. The van der Waals surface area contributed by atoms with E-state index in [1.165, 1.54) is 11.8 Å². The van der Waals surface area contributed by atoms with Crippen molar-refractivity contribution in [3.8, 4) is 0 Å². The largest absolute Gasteiger partial charge is 0.391 e. The van der Waals surface area contributed by atoms with Gasteiger partial charge in [-0.25, -0.2) is 8.42 Å². The van der Waals surface area contributed by atoms with Crippen LogP contribution in [-0.4, -0.2) is 54.1 Å².